The van der Waals surface area contributed by atoms with E-state index in [2.05, 4.69) is 76.9 Å². The van der Waals surface area contributed by atoms with E-state index in [4.69, 9.17) is 5.10 Å². The number of benzene rings is 1. The SMILES string of the molecule is CC/C(=N/N1[C@@H](C(C)C)[C@@H]1C(C)C)[C@@H](C)Cc1ccccc1. The van der Waals surface area contributed by atoms with Crippen molar-refractivity contribution >= 4 is 5.71 Å². The van der Waals surface area contributed by atoms with Gasteiger partial charge in [0.25, 0.3) is 0 Å². The Morgan fingerprint density at radius 2 is 1.55 bits per heavy atom. The van der Waals surface area contributed by atoms with Gasteiger partial charge in [0, 0.05) is 11.6 Å². The predicted molar refractivity (Wildman–Crippen MR) is 96.1 cm³/mol. The molecule has 1 heterocycles. The molecular formula is C20H32N2. The summed E-state index contributed by atoms with van der Waals surface area (Å²) in [6.07, 6.45) is 2.13. The lowest BCUT2D eigenvalue weighted by Gasteiger charge is -2.15. The smallest absolute Gasteiger partial charge is 0.0720 e. The van der Waals surface area contributed by atoms with Crippen LogP contribution in [0.5, 0.6) is 0 Å². The summed E-state index contributed by atoms with van der Waals surface area (Å²) in [5.74, 6) is 1.87. The normalized spacial score (nSPS) is 23.3. The Hall–Kier alpha value is -1.31. The first-order valence-corrected chi connectivity index (χ1v) is 8.85. The van der Waals surface area contributed by atoms with Gasteiger partial charge in [-0.3, -0.25) is 5.01 Å². The molecular weight excluding hydrogens is 268 g/mol. The lowest BCUT2D eigenvalue weighted by atomic mass is 9.95. The van der Waals surface area contributed by atoms with Gasteiger partial charge in [0.15, 0.2) is 0 Å². The lowest BCUT2D eigenvalue weighted by Crippen LogP contribution is -2.16. The first kappa shape index (κ1) is 17.1. The molecule has 0 unspecified atom stereocenters. The monoisotopic (exact) mass is 300 g/mol. The Morgan fingerprint density at radius 3 is 2.00 bits per heavy atom. The van der Waals surface area contributed by atoms with Crippen LogP contribution in [-0.2, 0) is 6.42 Å². The fourth-order valence-corrected chi connectivity index (χ4v) is 3.54. The van der Waals surface area contributed by atoms with Crippen LogP contribution in [0.25, 0.3) is 0 Å². The third-order valence-corrected chi connectivity index (χ3v) is 4.80. The Morgan fingerprint density at radius 1 is 1.00 bits per heavy atom. The molecule has 0 aromatic heterocycles. The highest BCUT2D eigenvalue weighted by Gasteiger charge is 2.50. The first-order chi connectivity index (χ1) is 10.5. The van der Waals surface area contributed by atoms with Gasteiger partial charge in [-0.05, 0) is 30.2 Å². The number of hydrogen-bond donors (Lipinski definition) is 0. The third kappa shape index (κ3) is 3.91. The van der Waals surface area contributed by atoms with Crippen molar-refractivity contribution in [3.63, 3.8) is 0 Å². The van der Waals surface area contributed by atoms with Crippen molar-refractivity contribution in [1.29, 1.82) is 0 Å². The van der Waals surface area contributed by atoms with Crippen molar-refractivity contribution in [3.8, 4) is 0 Å². The van der Waals surface area contributed by atoms with Crippen LogP contribution in [0.2, 0.25) is 0 Å². The molecule has 0 saturated carbocycles. The number of hydrazone groups is 1. The van der Waals surface area contributed by atoms with Gasteiger partial charge in [-0.15, -0.1) is 0 Å². The summed E-state index contributed by atoms with van der Waals surface area (Å²) in [6, 6.07) is 12.0. The molecule has 1 aliphatic rings. The van der Waals surface area contributed by atoms with Crippen molar-refractivity contribution in [2.75, 3.05) is 0 Å². The Balaban J connectivity index is 2.07. The van der Waals surface area contributed by atoms with E-state index in [1.807, 2.05) is 0 Å². The van der Waals surface area contributed by atoms with E-state index < -0.39 is 0 Å². The van der Waals surface area contributed by atoms with Crippen molar-refractivity contribution < 1.29 is 0 Å². The summed E-state index contributed by atoms with van der Waals surface area (Å²) in [4.78, 5) is 0. The minimum atomic E-state index is 0.508. The summed E-state index contributed by atoms with van der Waals surface area (Å²) in [6.45, 7) is 13.8. The topological polar surface area (TPSA) is 15.4 Å². The van der Waals surface area contributed by atoms with Gasteiger partial charge in [-0.2, -0.15) is 5.10 Å². The van der Waals surface area contributed by atoms with Gasteiger partial charge < -0.3 is 0 Å². The maximum Gasteiger partial charge on any atom is 0.0720 e. The number of nitrogens with zero attached hydrogens (tertiary/aromatic N) is 2. The van der Waals surface area contributed by atoms with Crippen molar-refractivity contribution in [1.82, 2.24) is 5.01 Å². The molecule has 0 spiro atoms. The zero-order valence-corrected chi connectivity index (χ0v) is 15.1. The maximum absolute atomic E-state index is 5.06. The van der Waals surface area contributed by atoms with Crippen LogP contribution in [0.15, 0.2) is 35.4 Å². The second-order valence-electron chi connectivity index (χ2n) is 7.38. The van der Waals surface area contributed by atoms with Gasteiger partial charge in [0.1, 0.15) is 0 Å². The molecule has 22 heavy (non-hydrogen) atoms. The second-order valence-corrected chi connectivity index (χ2v) is 7.38. The Labute approximate surface area is 136 Å². The molecule has 1 saturated heterocycles. The van der Waals surface area contributed by atoms with E-state index in [0.717, 1.165) is 12.8 Å². The molecule has 0 amide bonds. The molecule has 0 aliphatic carbocycles. The third-order valence-electron chi connectivity index (χ3n) is 4.80. The van der Waals surface area contributed by atoms with E-state index in [1.54, 1.807) is 0 Å². The summed E-state index contributed by atoms with van der Waals surface area (Å²) in [5.41, 5.74) is 2.75. The highest BCUT2D eigenvalue weighted by molar-refractivity contribution is 5.86. The molecule has 122 valence electrons. The molecule has 1 aliphatic heterocycles. The molecule has 2 heteroatoms. The molecule has 3 atom stereocenters. The predicted octanol–water partition coefficient (Wildman–Crippen LogP) is 5.00. The van der Waals surface area contributed by atoms with E-state index in [9.17, 15) is 0 Å². The summed E-state index contributed by atoms with van der Waals surface area (Å²) < 4.78 is 0. The zero-order chi connectivity index (χ0) is 16.3. The van der Waals surface area contributed by atoms with E-state index in [1.165, 1.54) is 11.3 Å². The average molecular weight is 300 g/mol. The highest BCUT2D eigenvalue weighted by Crippen LogP contribution is 2.40. The largest absolute Gasteiger partial charge is 0.286 e. The molecule has 0 N–H and O–H groups in total. The van der Waals surface area contributed by atoms with E-state index in [0.29, 0.717) is 29.8 Å². The van der Waals surface area contributed by atoms with Gasteiger partial charge in [0.2, 0.25) is 0 Å². The van der Waals surface area contributed by atoms with Crippen LogP contribution in [0.3, 0.4) is 0 Å². The molecule has 2 nitrogen and oxygen atoms in total. The molecule has 0 radical (unpaired) electrons. The Bertz CT molecular complexity index is 476. The zero-order valence-electron chi connectivity index (χ0n) is 15.1. The minimum Gasteiger partial charge on any atom is -0.286 e. The summed E-state index contributed by atoms with van der Waals surface area (Å²) in [5, 5.41) is 7.43. The molecule has 1 fully saturated rings. The Kier molecular flexibility index (Phi) is 5.66. The fraction of sp³-hybridized carbons (Fsp3) is 0.650. The fourth-order valence-electron chi connectivity index (χ4n) is 3.54. The van der Waals surface area contributed by atoms with E-state index in [-0.39, 0.29) is 0 Å². The number of rotatable bonds is 7. The number of hydrogen-bond acceptors (Lipinski definition) is 2. The summed E-state index contributed by atoms with van der Waals surface area (Å²) in [7, 11) is 0. The van der Waals surface area contributed by atoms with Gasteiger partial charge in [-0.25, -0.2) is 0 Å². The van der Waals surface area contributed by atoms with Crippen molar-refractivity contribution in [2.24, 2.45) is 22.9 Å². The maximum atomic E-state index is 5.06. The minimum absolute atomic E-state index is 0.508. The van der Waals surface area contributed by atoms with Crippen LogP contribution in [0.1, 0.15) is 53.5 Å². The lowest BCUT2D eigenvalue weighted by molar-refractivity contribution is 0.433. The van der Waals surface area contributed by atoms with Gasteiger partial charge >= 0.3 is 0 Å². The van der Waals surface area contributed by atoms with Crippen molar-refractivity contribution in [3.05, 3.63) is 35.9 Å². The molecule has 2 rings (SSSR count). The average Bonchev–Trinajstić information content (AvgIpc) is 3.20. The molecule has 1 aromatic carbocycles. The van der Waals surface area contributed by atoms with Crippen LogP contribution in [0.4, 0.5) is 0 Å². The second kappa shape index (κ2) is 7.30. The van der Waals surface area contributed by atoms with Crippen LogP contribution < -0.4 is 0 Å². The van der Waals surface area contributed by atoms with Gasteiger partial charge in [0.05, 0.1) is 12.1 Å². The molecule has 0 bridgehead atoms. The standard InChI is InChI=1S/C20H32N2/c1-7-18(16(6)13-17-11-9-8-10-12-17)21-22-19(14(2)3)20(22)15(4)5/h8-12,14-16,19-20H,7,13H2,1-6H3/b21-18-/t16-,19-,20-/m0/s1. The summed E-state index contributed by atoms with van der Waals surface area (Å²) >= 11 is 0. The van der Waals surface area contributed by atoms with Crippen LogP contribution in [0, 0.1) is 17.8 Å². The van der Waals surface area contributed by atoms with Crippen molar-refractivity contribution in [2.45, 2.75) is 66.5 Å². The highest BCUT2D eigenvalue weighted by atomic mass is 15.6. The quantitative estimate of drug-likeness (QED) is 0.511. The van der Waals surface area contributed by atoms with Crippen LogP contribution in [-0.4, -0.2) is 22.8 Å². The molecule has 1 aromatic rings. The first-order valence-electron chi connectivity index (χ1n) is 8.85. The van der Waals surface area contributed by atoms with Crippen LogP contribution >= 0.6 is 0 Å². The van der Waals surface area contributed by atoms with E-state index >= 15 is 0 Å². The van der Waals surface area contributed by atoms with Gasteiger partial charge in [-0.1, -0.05) is 71.9 Å².